The van der Waals surface area contributed by atoms with Gasteiger partial charge in [0.25, 0.3) is 5.91 Å². The van der Waals surface area contributed by atoms with Gasteiger partial charge in [-0.2, -0.15) is 5.10 Å². The van der Waals surface area contributed by atoms with Crippen molar-refractivity contribution >= 4 is 18.3 Å². The van der Waals surface area contributed by atoms with Crippen LogP contribution in [-0.2, 0) is 0 Å². The molecule has 1 fully saturated rings. The van der Waals surface area contributed by atoms with E-state index in [0.717, 1.165) is 18.8 Å². The normalized spacial score (nSPS) is 14.1. The summed E-state index contributed by atoms with van der Waals surface area (Å²) in [5, 5.41) is 19.9. The van der Waals surface area contributed by atoms with E-state index in [-0.39, 0.29) is 29.8 Å². The number of halogens is 1. The Balaban J connectivity index is 0.00000161. The van der Waals surface area contributed by atoms with E-state index >= 15 is 0 Å². The van der Waals surface area contributed by atoms with E-state index < -0.39 is 0 Å². The van der Waals surface area contributed by atoms with E-state index in [2.05, 4.69) is 15.7 Å². The van der Waals surface area contributed by atoms with Crippen molar-refractivity contribution in [3.8, 4) is 11.4 Å². The Morgan fingerprint density at radius 2 is 2.10 bits per heavy atom. The van der Waals surface area contributed by atoms with Crippen LogP contribution in [0.25, 0.3) is 5.69 Å². The van der Waals surface area contributed by atoms with Crippen LogP contribution in [0.5, 0.6) is 5.75 Å². The average molecular weight is 309 g/mol. The van der Waals surface area contributed by atoms with Crippen LogP contribution in [-0.4, -0.2) is 40.4 Å². The van der Waals surface area contributed by atoms with Gasteiger partial charge in [0.15, 0.2) is 11.4 Å². The van der Waals surface area contributed by atoms with Crippen LogP contribution >= 0.6 is 12.4 Å². The molecule has 1 aliphatic heterocycles. The molecule has 2 heterocycles. The van der Waals surface area contributed by atoms with Gasteiger partial charge in [0, 0.05) is 25.6 Å². The van der Waals surface area contributed by atoms with Crippen LogP contribution in [0.1, 0.15) is 10.5 Å². The van der Waals surface area contributed by atoms with Gasteiger partial charge in [0.1, 0.15) is 0 Å². The summed E-state index contributed by atoms with van der Waals surface area (Å²) in [6.45, 7) is 2.44. The van der Waals surface area contributed by atoms with Crippen LogP contribution in [0.15, 0.2) is 36.5 Å². The van der Waals surface area contributed by atoms with Crippen molar-refractivity contribution < 1.29 is 9.90 Å². The fraction of sp³-hybridized carbons (Fsp3) is 0.286. The van der Waals surface area contributed by atoms with Crippen molar-refractivity contribution in [2.24, 2.45) is 5.92 Å². The molecular weight excluding hydrogens is 292 g/mol. The van der Waals surface area contributed by atoms with Crippen LogP contribution in [0.4, 0.5) is 0 Å². The van der Waals surface area contributed by atoms with Crippen LogP contribution in [0.3, 0.4) is 0 Å². The number of benzene rings is 1. The van der Waals surface area contributed by atoms with Gasteiger partial charge in [-0.15, -0.1) is 12.4 Å². The largest absolute Gasteiger partial charge is 0.504 e. The number of hydrogen-bond acceptors (Lipinski definition) is 4. The summed E-state index contributed by atoms with van der Waals surface area (Å²) in [5.41, 5.74) is 0.853. The van der Waals surface area contributed by atoms with Crippen LogP contribution in [0, 0.1) is 5.92 Å². The molecule has 0 radical (unpaired) electrons. The third-order valence-electron chi connectivity index (χ3n) is 3.35. The minimum atomic E-state index is -0.343. The number of carbonyl (C=O) groups excluding carboxylic acids is 1. The maximum atomic E-state index is 12.0. The first-order chi connectivity index (χ1) is 9.74. The molecule has 1 aromatic carbocycles. The van der Waals surface area contributed by atoms with Crippen LogP contribution in [0.2, 0.25) is 0 Å². The summed E-state index contributed by atoms with van der Waals surface area (Å²) in [7, 11) is 0. The van der Waals surface area contributed by atoms with Crippen LogP contribution < -0.4 is 10.6 Å². The summed E-state index contributed by atoms with van der Waals surface area (Å²) < 4.78 is 1.50. The molecule has 2 aromatic rings. The fourth-order valence-electron chi connectivity index (χ4n) is 2.05. The highest BCUT2D eigenvalue weighted by Gasteiger charge is 2.21. The van der Waals surface area contributed by atoms with Crippen molar-refractivity contribution in [2.45, 2.75) is 0 Å². The average Bonchev–Trinajstić information content (AvgIpc) is 2.80. The molecule has 0 bridgehead atoms. The van der Waals surface area contributed by atoms with Gasteiger partial charge >= 0.3 is 0 Å². The van der Waals surface area contributed by atoms with Crippen molar-refractivity contribution in [1.82, 2.24) is 20.4 Å². The van der Waals surface area contributed by atoms with Gasteiger partial charge < -0.3 is 15.7 Å². The molecule has 1 aromatic heterocycles. The van der Waals surface area contributed by atoms with E-state index in [1.807, 2.05) is 30.3 Å². The lowest BCUT2D eigenvalue weighted by Gasteiger charge is -2.26. The SMILES string of the molecule is Cl.O=C(NCC1CNC1)c1nn(-c2ccccc2)cc1O. The number of amides is 1. The molecule has 3 rings (SSSR count). The number of rotatable bonds is 4. The van der Waals surface area contributed by atoms with Crippen molar-refractivity contribution in [1.29, 1.82) is 0 Å². The number of aromatic hydroxyl groups is 1. The molecule has 0 aliphatic carbocycles. The standard InChI is InChI=1S/C14H16N4O2.ClH/c19-12-9-18(11-4-2-1-3-5-11)17-13(12)14(20)16-8-10-6-15-7-10;/h1-5,9-10,15,19H,6-8H2,(H,16,20);1H. The molecule has 0 unspecified atom stereocenters. The number of para-hydroxylation sites is 1. The van der Waals surface area contributed by atoms with E-state index in [4.69, 9.17) is 0 Å². The first-order valence-corrected chi connectivity index (χ1v) is 6.57. The Morgan fingerprint density at radius 1 is 1.38 bits per heavy atom. The Bertz CT molecular complexity index is 611. The molecule has 1 saturated heterocycles. The van der Waals surface area contributed by atoms with Gasteiger partial charge in [0.05, 0.1) is 11.9 Å². The smallest absolute Gasteiger partial charge is 0.275 e. The lowest BCUT2D eigenvalue weighted by atomic mass is 10.0. The summed E-state index contributed by atoms with van der Waals surface area (Å²) in [6.07, 6.45) is 1.44. The number of nitrogens with one attached hydrogen (secondary N) is 2. The minimum absolute atomic E-state index is 0. The first kappa shape index (κ1) is 15.3. The highest BCUT2D eigenvalue weighted by Crippen LogP contribution is 2.18. The third kappa shape index (κ3) is 3.34. The second kappa shape index (κ2) is 6.60. The Morgan fingerprint density at radius 3 is 2.71 bits per heavy atom. The number of carbonyl (C=O) groups is 1. The zero-order valence-electron chi connectivity index (χ0n) is 11.3. The minimum Gasteiger partial charge on any atom is -0.504 e. The molecule has 1 aliphatic rings. The predicted molar refractivity (Wildman–Crippen MR) is 81.2 cm³/mol. The summed E-state index contributed by atoms with van der Waals surface area (Å²) in [4.78, 5) is 12.0. The Hall–Kier alpha value is -2.05. The number of nitrogens with zero attached hydrogens (tertiary/aromatic N) is 2. The predicted octanol–water partition coefficient (Wildman–Crippen LogP) is 0.949. The Labute approximate surface area is 128 Å². The summed E-state index contributed by atoms with van der Waals surface area (Å²) in [5.74, 6) is 0.0134. The number of hydrogen-bond donors (Lipinski definition) is 3. The monoisotopic (exact) mass is 308 g/mol. The highest BCUT2D eigenvalue weighted by molar-refractivity contribution is 5.94. The maximum absolute atomic E-state index is 12.0. The Kier molecular flexibility index (Phi) is 4.82. The van der Waals surface area contributed by atoms with Crippen molar-refractivity contribution in [3.05, 3.63) is 42.2 Å². The second-order valence-corrected chi connectivity index (χ2v) is 4.88. The van der Waals surface area contributed by atoms with Gasteiger partial charge in [-0.05, 0) is 12.1 Å². The third-order valence-corrected chi connectivity index (χ3v) is 3.35. The lowest BCUT2D eigenvalue weighted by molar-refractivity contribution is 0.0934. The van der Waals surface area contributed by atoms with Crippen molar-refractivity contribution in [3.63, 3.8) is 0 Å². The highest BCUT2D eigenvalue weighted by atomic mass is 35.5. The first-order valence-electron chi connectivity index (χ1n) is 6.57. The van der Waals surface area contributed by atoms with E-state index in [9.17, 15) is 9.90 Å². The van der Waals surface area contributed by atoms with E-state index in [1.54, 1.807) is 0 Å². The van der Waals surface area contributed by atoms with E-state index in [0.29, 0.717) is 12.5 Å². The van der Waals surface area contributed by atoms with Gasteiger partial charge in [-0.25, -0.2) is 4.68 Å². The van der Waals surface area contributed by atoms with Crippen molar-refractivity contribution in [2.75, 3.05) is 19.6 Å². The zero-order chi connectivity index (χ0) is 13.9. The maximum Gasteiger partial charge on any atom is 0.275 e. The summed E-state index contributed by atoms with van der Waals surface area (Å²) >= 11 is 0. The van der Waals surface area contributed by atoms with Gasteiger partial charge in [0.2, 0.25) is 0 Å². The van der Waals surface area contributed by atoms with E-state index in [1.165, 1.54) is 10.9 Å². The molecule has 21 heavy (non-hydrogen) atoms. The number of aromatic nitrogens is 2. The zero-order valence-corrected chi connectivity index (χ0v) is 12.1. The molecule has 1 amide bonds. The molecule has 6 nitrogen and oxygen atoms in total. The molecule has 0 spiro atoms. The molecule has 3 N–H and O–H groups in total. The molecule has 112 valence electrons. The van der Waals surface area contributed by atoms with Gasteiger partial charge in [-0.1, -0.05) is 18.2 Å². The molecular formula is C14H17ClN4O2. The molecule has 7 heteroatoms. The molecule has 0 saturated carbocycles. The van der Waals surface area contributed by atoms with Gasteiger partial charge in [-0.3, -0.25) is 4.79 Å². The molecule has 0 atom stereocenters. The second-order valence-electron chi connectivity index (χ2n) is 4.88. The lowest BCUT2D eigenvalue weighted by Crippen LogP contribution is -2.48. The topological polar surface area (TPSA) is 79.2 Å². The fourth-order valence-corrected chi connectivity index (χ4v) is 2.05. The summed E-state index contributed by atoms with van der Waals surface area (Å²) in [6, 6.07) is 9.35. The quantitative estimate of drug-likeness (QED) is 0.786.